The van der Waals surface area contributed by atoms with E-state index in [1.165, 1.54) is 0 Å². The molecule has 0 aliphatic rings. The average molecular weight is 194 g/mol. The molecule has 2 unspecified atom stereocenters. The van der Waals surface area contributed by atoms with Gasteiger partial charge in [-0.2, -0.15) is 0 Å². The summed E-state index contributed by atoms with van der Waals surface area (Å²) in [5.41, 5.74) is 0. The van der Waals surface area contributed by atoms with Gasteiger partial charge in [-0.3, -0.25) is 4.98 Å². The molecule has 0 aromatic heterocycles. The number of hydrogen-bond donors (Lipinski definition) is 2. The second-order valence-electron chi connectivity index (χ2n) is 2.45. The van der Waals surface area contributed by atoms with Gasteiger partial charge >= 0.3 is 8.72 Å². The zero-order valence-electron chi connectivity index (χ0n) is 7.89. The minimum Gasteiger partial charge on any atom is -0.414 e. The largest absolute Gasteiger partial charge is 0.414 e. The minimum atomic E-state index is -2.03. The Kier molecular flexibility index (Phi) is 5.14. The van der Waals surface area contributed by atoms with Gasteiger partial charge in [0, 0.05) is 7.11 Å². The topological polar surface area (TPSA) is 42.5 Å². The van der Waals surface area contributed by atoms with E-state index in [0.29, 0.717) is 0 Å². The normalized spacial score (nSPS) is 19.4. The summed E-state index contributed by atoms with van der Waals surface area (Å²) in [4.78, 5) is 6.20. The summed E-state index contributed by atoms with van der Waals surface area (Å²) >= 11 is 0. The highest BCUT2D eigenvalue weighted by molar-refractivity contribution is 6.71. The predicted molar refractivity (Wildman–Crippen MR) is 50.8 cm³/mol. The van der Waals surface area contributed by atoms with E-state index < -0.39 is 17.9 Å². The quantitative estimate of drug-likeness (QED) is 0.580. The molecule has 0 aliphatic carbocycles. The van der Waals surface area contributed by atoms with Crippen molar-refractivity contribution in [3.05, 3.63) is 0 Å². The van der Waals surface area contributed by atoms with Gasteiger partial charge in [-0.05, 0) is 27.2 Å². The summed E-state index contributed by atoms with van der Waals surface area (Å²) in [5, 5.41) is 0. The molecule has 0 rings (SSSR count). The Balaban J connectivity index is 3.86. The summed E-state index contributed by atoms with van der Waals surface area (Å²) in [7, 11) is 2.21. The van der Waals surface area contributed by atoms with Gasteiger partial charge in [0.25, 0.3) is 0 Å². The molecule has 4 nitrogen and oxygen atoms in total. The van der Waals surface area contributed by atoms with Crippen LogP contribution in [0.4, 0.5) is 0 Å². The highest BCUT2D eigenvalue weighted by Gasteiger charge is 2.30. The molecule has 0 aromatic carbocycles. The number of rotatable bonds is 5. The van der Waals surface area contributed by atoms with Crippen LogP contribution in [0, 0.1) is 0 Å². The number of hydrogen-bond acceptors (Lipinski definition) is 4. The summed E-state index contributed by atoms with van der Waals surface area (Å²) in [6.07, 6.45) is 0. The first-order valence-corrected chi connectivity index (χ1v) is 8.19. The molecule has 0 fully saturated rings. The third-order valence-corrected chi connectivity index (χ3v) is 7.37. The zero-order chi connectivity index (χ0) is 8.91. The Morgan fingerprint density at radius 1 is 1.36 bits per heavy atom. The number of nitrogens with one attached hydrogen (secondary N) is 2. The molecule has 2 N–H and O–H groups in total. The molecule has 0 amide bonds. The maximum Gasteiger partial charge on any atom is 0.411 e. The minimum absolute atomic E-state index is 1.22. The SMILES string of the molecule is CN[SiH](C)O[Si](C)(NC)OC. The first-order chi connectivity index (χ1) is 5.08. The summed E-state index contributed by atoms with van der Waals surface area (Å²) in [6.45, 7) is 4.08. The molecular weight excluding hydrogens is 176 g/mol. The highest BCUT2D eigenvalue weighted by atomic mass is 28.4. The Labute approximate surface area is 71.4 Å². The van der Waals surface area contributed by atoms with Crippen LogP contribution in [0.3, 0.4) is 0 Å². The van der Waals surface area contributed by atoms with Crippen LogP contribution in [0.1, 0.15) is 0 Å². The summed E-state index contributed by atoms with van der Waals surface area (Å²) in [6, 6.07) is 0. The standard InChI is InChI=1S/C5H18N2O2Si2/c1-6-10(4)9-11(5,7-2)8-3/h6-7,10H,1-5H3. The molecule has 11 heavy (non-hydrogen) atoms. The molecule has 2 atom stereocenters. The van der Waals surface area contributed by atoms with Crippen LogP contribution in [0.15, 0.2) is 0 Å². The fourth-order valence-electron chi connectivity index (χ4n) is 0.605. The fourth-order valence-corrected chi connectivity index (χ4v) is 4.84. The van der Waals surface area contributed by atoms with Gasteiger partial charge in [-0.25, -0.2) is 0 Å². The van der Waals surface area contributed by atoms with Crippen LogP contribution < -0.4 is 9.96 Å². The van der Waals surface area contributed by atoms with Crippen LogP contribution in [0.2, 0.25) is 13.1 Å². The van der Waals surface area contributed by atoms with E-state index in [-0.39, 0.29) is 0 Å². The van der Waals surface area contributed by atoms with Crippen molar-refractivity contribution in [1.29, 1.82) is 0 Å². The lowest BCUT2D eigenvalue weighted by Gasteiger charge is -2.26. The molecule has 6 heteroatoms. The molecule has 68 valence electrons. The van der Waals surface area contributed by atoms with E-state index >= 15 is 0 Å². The Hall–Kier alpha value is 0.274. The first kappa shape index (κ1) is 11.3. The molecular formula is C5H18N2O2Si2. The van der Waals surface area contributed by atoms with Crippen molar-refractivity contribution in [2.75, 3.05) is 21.2 Å². The third-order valence-electron chi connectivity index (χ3n) is 1.65. The van der Waals surface area contributed by atoms with Crippen molar-refractivity contribution in [1.82, 2.24) is 9.96 Å². The lowest BCUT2D eigenvalue weighted by atomic mass is 11.6. The van der Waals surface area contributed by atoms with Crippen molar-refractivity contribution < 1.29 is 8.54 Å². The molecule has 0 bridgehead atoms. The monoisotopic (exact) mass is 194 g/mol. The smallest absolute Gasteiger partial charge is 0.411 e. The highest BCUT2D eigenvalue weighted by Crippen LogP contribution is 2.00. The molecule has 0 heterocycles. The van der Waals surface area contributed by atoms with Gasteiger partial charge in [0.05, 0.1) is 0 Å². The van der Waals surface area contributed by atoms with Crippen molar-refractivity contribution in [2.45, 2.75) is 13.1 Å². The van der Waals surface area contributed by atoms with E-state index in [9.17, 15) is 0 Å². The van der Waals surface area contributed by atoms with Crippen molar-refractivity contribution in [2.24, 2.45) is 0 Å². The summed E-state index contributed by atoms with van der Waals surface area (Å²) in [5.74, 6) is 0. The predicted octanol–water partition coefficient (Wildman–Crippen LogP) is -0.493. The van der Waals surface area contributed by atoms with Crippen LogP contribution in [-0.2, 0) is 8.54 Å². The van der Waals surface area contributed by atoms with E-state index in [2.05, 4.69) is 16.5 Å². The van der Waals surface area contributed by atoms with Crippen LogP contribution in [0.5, 0.6) is 0 Å². The van der Waals surface area contributed by atoms with E-state index in [0.717, 1.165) is 0 Å². The van der Waals surface area contributed by atoms with E-state index in [4.69, 9.17) is 8.54 Å². The van der Waals surface area contributed by atoms with Gasteiger partial charge in [-0.1, -0.05) is 0 Å². The lowest BCUT2D eigenvalue weighted by Crippen LogP contribution is -2.56. The van der Waals surface area contributed by atoms with Crippen LogP contribution >= 0.6 is 0 Å². The second kappa shape index (κ2) is 5.01. The molecule has 0 radical (unpaired) electrons. The van der Waals surface area contributed by atoms with Crippen LogP contribution in [0.25, 0.3) is 0 Å². The van der Waals surface area contributed by atoms with Crippen molar-refractivity contribution >= 4 is 17.9 Å². The maximum atomic E-state index is 5.72. The Bertz CT molecular complexity index is 111. The van der Waals surface area contributed by atoms with E-state index in [1.807, 2.05) is 20.6 Å². The Morgan fingerprint density at radius 2 is 1.91 bits per heavy atom. The maximum absolute atomic E-state index is 5.72. The molecule has 0 saturated carbocycles. The van der Waals surface area contributed by atoms with Gasteiger partial charge in [0.1, 0.15) is 0 Å². The third kappa shape index (κ3) is 3.99. The van der Waals surface area contributed by atoms with Crippen molar-refractivity contribution in [3.8, 4) is 0 Å². The van der Waals surface area contributed by atoms with Crippen molar-refractivity contribution in [3.63, 3.8) is 0 Å². The van der Waals surface area contributed by atoms with Gasteiger partial charge in [0.2, 0.25) is 9.20 Å². The Morgan fingerprint density at radius 3 is 2.18 bits per heavy atom. The molecule has 0 saturated heterocycles. The first-order valence-electron chi connectivity index (χ1n) is 3.67. The lowest BCUT2D eigenvalue weighted by molar-refractivity contribution is 0.294. The zero-order valence-corrected chi connectivity index (χ0v) is 10.0. The molecule has 0 spiro atoms. The molecule has 0 aromatic rings. The van der Waals surface area contributed by atoms with Crippen LogP contribution in [-0.4, -0.2) is 39.1 Å². The average Bonchev–Trinajstić information content (AvgIpc) is 2.04. The summed E-state index contributed by atoms with van der Waals surface area (Å²) < 4.78 is 11.0. The second-order valence-corrected chi connectivity index (χ2v) is 8.05. The van der Waals surface area contributed by atoms with Gasteiger partial charge in [0.15, 0.2) is 0 Å². The molecule has 0 aliphatic heterocycles. The fraction of sp³-hybridized carbons (Fsp3) is 1.00. The van der Waals surface area contributed by atoms with Gasteiger partial charge < -0.3 is 13.5 Å². The van der Waals surface area contributed by atoms with Gasteiger partial charge in [-0.15, -0.1) is 0 Å². The van der Waals surface area contributed by atoms with E-state index in [1.54, 1.807) is 7.11 Å².